The SMILES string of the molecule is N#Cc1cccc(-c2ccc(C3=CC4=C(C=C(C5=CC=C(C6=CC=CC(C#N)C6)CC5)C5C=CC=CC45)C4C=CC=CC34)cc2)c1. The molecule has 6 aliphatic rings. The van der Waals surface area contributed by atoms with Crippen LogP contribution < -0.4 is 0 Å². The van der Waals surface area contributed by atoms with E-state index in [1.54, 1.807) is 0 Å². The molecule has 0 spiro atoms. The van der Waals surface area contributed by atoms with Gasteiger partial charge in [-0.25, -0.2) is 0 Å². The number of hydrogen-bond acceptors (Lipinski definition) is 2. The minimum Gasteiger partial charge on any atom is -0.198 e. The molecule has 5 atom stereocenters. The fourth-order valence-electron chi connectivity index (χ4n) is 8.03. The minimum atomic E-state index is -0.0215. The van der Waals surface area contributed by atoms with Crippen molar-refractivity contribution in [3.63, 3.8) is 0 Å². The van der Waals surface area contributed by atoms with E-state index in [0.29, 0.717) is 23.3 Å². The second kappa shape index (κ2) is 11.8. The van der Waals surface area contributed by atoms with E-state index in [4.69, 9.17) is 0 Å². The summed E-state index contributed by atoms with van der Waals surface area (Å²) in [5.74, 6) is 1.17. The Kier molecular flexibility index (Phi) is 7.21. The summed E-state index contributed by atoms with van der Waals surface area (Å²) in [6.07, 6.45) is 37.2. The van der Waals surface area contributed by atoms with Crippen molar-refractivity contribution >= 4 is 5.57 Å². The zero-order chi connectivity index (χ0) is 31.0. The van der Waals surface area contributed by atoms with Gasteiger partial charge in [-0.3, -0.25) is 0 Å². The maximum Gasteiger partial charge on any atom is 0.0991 e. The number of benzene rings is 2. The topological polar surface area (TPSA) is 47.6 Å². The van der Waals surface area contributed by atoms with Crippen LogP contribution in [0.3, 0.4) is 0 Å². The number of fused-ring (bicyclic) bond motifs is 4. The molecule has 0 saturated carbocycles. The number of rotatable bonds is 4. The van der Waals surface area contributed by atoms with Gasteiger partial charge in [-0.2, -0.15) is 10.5 Å². The second-order valence-electron chi connectivity index (χ2n) is 12.9. The van der Waals surface area contributed by atoms with E-state index in [1.807, 2.05) is 30.4 Å². The molecule has 8 rings (SSSR count). The summed E-state index contributed by atoms with van der Waals surface area (Å²) in [5, 5.41) is 18.8. The third kappa shape index (κ3) is 4.98. The highest BCUT2D eigenvalue weighted by atomic mass is 14.4. The summed E-state index contributed by atoms with van der Waals surface area (Å²) in [4.78, 5) is 0. The molecule has 0 saturated heterocycles. The first-order chi connectivity index (χ1) is 22.7. The Balaban J connectivity index is 1.17. The second-order valence-corrected chi connectivity index (χ2v) is 12.9. The Morgan fingerprint density at radius 1 is 0.543 bits per heavy atom. The predicted octanol–water partition coefficient (Wildman–Crippen LogP) is 10.2. The molecule has 2 aromatic carbocycles. The summed E-state index contributed by atoms with van der Waals surface area (Å²) in [6, 6.07) is 21.4. The van der Waals surface area contributed by atoms with Crippen LogP contribution in [-0.2, 0) is 0 Å². The molecule has 2 aromatic rings. The fraction of sp³-hybridized carbons (Fsp3) is 0.182. The molecule has 5 unspecified atom stereocenters. The molecule has 0 bridgehead atoms. The van der Waals surface area contributed by atoms with Gasteiger partial charge >= 0.3 is 0 Å². The molecule has 2 nitrogen and oxygen atoms in total. The highest BCUT2D eigenvalue weighted by Crippen LogP contribution is 2.52. The third-order valence-electron chi connectivity index (χ3n) is 10.4. The van der Waals surface area contributed by atoms with Crippen molar-refractivity contribution in [2.24, 2.45) is 29.6 Å². The van der Waals surface area contributed by atoms with Gasteiger partial charge in [0, 0.05) is 23.7 Å². The number of nitrogens with zero attached hydrogens (tertiary/aromatic N) is 2. The van der Waals surface area contributed by atoms with E-state index in [2.05, 4.69) is 121 Å². The zero-order valence-electron chi connectivity index (χ0n) is 25.7. The average Bonchev–Trinajstić information content (AvgIpc) is 3.14. The number of hydrogen-bond donors (Lipinski definition) is 0. The Morgan fingerprint density at radius 3 is 1.85 bits per heavy atom. The fourth-order valence-corrected chi connectivity index (χ4v) is 8.03. The van der Waals surface area contributed by atoms with E-state index in [9.17, 15) is 10.5 Å². The van der Waals surface area contributed by atoms with Gasteiger partial charge in [0.15, 0.2) is 0 Å². The number of nitriles is 2. The van der Waals surface area contributed by atoms with E-state index in [1.165, 1.54) is 44.6 Å². The molecule has 0 amide bonds. The molecule has 0 fully saturated rings. The standard InChI is InChI=1S/C44H34N2/c45-27-29-7-5-9-35(23-29)31-15-19-33(20-16-31)41-25-44-40-14-4-2-12-38(40)42(26-43(44)39-13-3-1-11-37(39)41)34-21-17-32(18-22-34)36-10-6-8-30(24-36)28-46/h1-17,19-21,23,25-26,30,37-40H,18,22,24H2. The number of allylic oxidation sites excluding steroid dienone is 22. The van der Waals surface area contributed by atoms with Crippen LogP contribution in [0.25, 0.3) is 16.7 Å². The van der Waals surface area contributed by atoms with Crippen molar-refractivity contribution < 1.29 is 0 Å². The summed E-state index contributed by atoms with van der Waals surface area (Å²) in [5.41, 5.74) is 13.9. The van der Waals surface area contributed by atoms with Crippen LogP contribution in [0.5, 0.6) is 0 Å². The van der Waals surface area contributed by atoms with Crippen LogP contribution in [0.1, 0.15) is 30.4 Å². The summed E-state index contributed by atoms with van der Waals surface area (Å²) < 4.78 is 0. The van der Waals surface area contributed by atoms with Crippen molar-refractivity contribution in [2.45, 2.75) is 19.3 Å². The van der Waals surface area contributed by atoms with Gasteiger partial charge in [0.25, 0.3) is 0 Å². The Morgan fingerprint density at radius 2 is 1.17 bits per heavy atom. The Labute approximate surface area is 271 Å². The lowest BCUT2D eigenvalue weighted by atomic mass is 9.62. The summed E-state index contributed by atoms with van der Waals surface area (Å²) in [7, 11) is 0. The molecular formula is C44H34N2. The van der Waals surface area contributed by atoms with Gasteiger partial charge in [-0.05, 0) is 87.1 Å². The first kappa shape index (κ1) is 28.1. The van der Waals surface area contributed by atoms with E-state index < -0.39 is 0 Å². The Bertz CT molecular complexity index is 2050. The van der Waals surface area contributed by atoms with Gasteiger partial charge in [-0.15, -0.1) is 0 Å². The van der Waals surface area contributed by atoms with Crippen molar-refractivity contribution in [3.05, 3.63) is 184 Å². The van der Waals surface area contributed by atoms with Crippen molar-refractivity contribution in [1.29, 1.82) is 10.5 Å². The smallest absolute Gasteiger partial charge is 0.0991 e. The molecule has 0 N–H and O–H groups in total. The van der Waals surface area contributed by atoms with Gasteiger partial charge < -0.3 is 0 Å². The molecule has 0 aromatic heterocycles. The minimum absolute atomic E-state index is 0.0215. The third-order valence-corrected chi connectivity index (χ3v) is 10.4. The van der Waals surface area contributed by atoms with E-state index in [-0.39, 0.29) is 11.8 Å². The lowest BCUT2D eigenvalue weighted by Crippen LogP contribution is -2.30. The van der Waals surface area contributed by atoms with E-state index >= 15 is 0 Å². The van der Waals surface area contributed by atoms with Crippen LogP contribution in [0.4, 0.5) is 0 Å². The van der Waals surface area contributed by atoms with Gasteiger partial charge in [0.2, 0.25) is 0 Å². The molecular weight excluding hydrogens is 556 g/mol. The van der Waals surface area contributed by atoms with Crippen molar-refractivity contribution in [1.82, 2.24) is 0 Å². The molecule has 0 aliphatic heterocycles. The maximum atomic E-state index is 9.45. The lowest BCUT2D eigenvalue weighted by Gasteiger charge is -2.42. The normalized spacial score (nSPS) is 27.2. The maximum absolute atomic E-state index is 9.45. The predicted molar refractivity (Wildman–Crippen MR) is 187 cm³/mol. The highest BCUT2D eigenvalue weighted by molar-refractivity contribution is 5.79. The van der Waals surface area contributed by atoms with Crippen LogP contribution in [0.15, 0.2) is 173 Å². The van der Waals surface area contributed by atoms with Crippen LogP contribution >= 0.6 is 0 Å². The van der Waals surface area contributed by atoms with Crippen molar-refractivity contribution in [2.75, 3.05) is 0 Å². The van der Waals surface area contributed by atoms with Crippen LogP contribution in [0.2, 0.25) is 0 Å². The van der Waals surface area contributed by atoms with E-state index in [0.717, 1.165) is 30.4 Å². The molecule has 46 heavy (non-hydrogen) atoms. The highest BCUT2D eigenvalue weighted by Gasteiger charge is 2.39. The first-order valence-electron chi connectivity index (χ1n) is 16.4. The molecule has 6 aliphatic carbocycles. The van der Waals surface area contributed by atoms with Crippen LogP contribution in [-0.4, -0.2) is 0 Å². The van der Waals surface area contributed by atoms with Gasteiger partial charge in [0.05, 0.1) is 23.6 Å². The first-order valence-corrected chi connectivity index (χ1v) is 16.4. The largest absolute Gasteiger partial charge is 0.198 e. The quantitative estimate of drug-likeness (QED) is 0.356. The molecule has 0 radical (unpaired) electrons. The van der Waals surface area contributed by atoms with Gasteiger partial charge in [-0.1, -0.05) is 128 Å². The van der Waals surface area contributed by atoms with Crippen molar-refractivity contribution in [3.8, 4) is 23.3 Å². The summed E-state index contributed by atoms with van der Waals surface area (Å²) >= 11 is 0. The monoisotopic (exact) mass is 590 g/mol. The lowest BCUT2D eigenvalue weighted by molar-refractivity contribution is 0.554. The molecule has 220 valence electrons. The molecule has 0 heterocycles. The van der Waals surface area contributed by atoms with Gasteiger partial charge in [0.1, 0.15) is 0 Å². The summed E-state index contributed by atoms with van der Waals surface area (Å²) in [6.45, 7) is 0. The van der Waals surface area contributed by atoms with Crippen LogP contribution in [0, 0.1) is 52.3 Å². The molecule has 2 heteroatoms. The Hall–Kier alpha value is -5.44. The zero-order valence-corrected chi connectivity index (χ0v) is 25.7. The average molecular weight is 591 g/mol.